The molecule has 1 saturated heterocycles. The van der Waals surface area contributed by atoms with Crippen molar-refractivity contribution < 1.29 is 9.59 Å². The fourth-order valence-corrected chi connectivity index (χ4v) is 4.93. The van der Waals surface area contributed by atoms with Crippen LogP contribution in [0, 0.1) is 17.2 Å². The normalized spacial score (nSPS) is 18.6. The number of likely N-dealkylation sites (tertiary alicyclic amines) is 1. The molecule has 0 saturated carbocycles. The van der Waals surface area contributed by atoms with Gasteiger partial charge in [-0.3, -0.25) is 9.59 Å². The second-order valence-corrected chi connectivity index (χ2v) is 10.4. The molecule has 1 aromatic heterocycles. The molecule has 31 heavy (non-hydrogen) atoms. The average molecular weight is 459 g/mol. The molecular weight excluding hydrogens is 432 g/mol. The molecule has 1 unspecified atom stereocenters. The number of carbonyl (C=O) groups excluding carboxylic acids is 2. The number of thiazole rings is 1. The van der Waals surface area contributed by atoms with Crippen LogP contribution in [-0.2, 0) is 16.6 Å². The van der Waals surface area contributed by atoms with Crippen molar-refractivity contribution in [2.75, 3.05) is 13.1 Å². The highest BCUT2D eigenvalue weighted by Gasteiger charge is 2.33. The van der Waals surface area contributed by atoms with Crippen LogP contribution < -0.4 is 5.32 Å². The Kier molecular flexibility index (Phi) is 7.03. The predicted octanol–water partition coefficient (Wildman–Crippen LogP) is 4.18. The SMILES string of the molecule is CC1C[C@@H](C#N)N(C(=O)CNC(=O)c2csc(Cc3ccc(Cl)c(C(C)(C)C)c3)n2)C1. The van der Waals surface area contributed by atoms with Gasteiger partial charge in [-0.2, -0.15) is 5.26 Å². The Labute approximate surface area is 192 Å². The molecule has 2 aromatic rings. The van der Waals surface area contributed by atoms with Crippen LogP contribution in [0.2, 0.25) is 5.02 Å². The van der Waals surface area contributed by atoms with E-state index in [0.29, 0.717) is 25.1 Å². The number of nitriles is 1. The minimum Gasteiger partial charge on any atom is -0.342 e. The lowest BCUT2D eigenvalue weighted by molar-refractivity contribution is -0.130. The van der Waals surface area contributed by atoms with E-state index in [1.54, 1.807) is 10.3 Å². The van der Waals surface area contributed by atoms with Crippen molar-refractivity contribution in [3.63, 3.8) is 0 Å². The standard InChI is InChI=1S/C23H27ClN4O2S/c1-14-7-16(10-25)28(12-14)21(29)11-26-22(30)19-13-31-20(27-19)9-15-5-6-18(24)17(8-15)23(2,3)4/h5-6,8,13-14,16H,7,9,11-12H2,1-4H3,(H,26,30)/t14?,16-/m0/s1. The smallest absolute Gasteiger partial charge is 0.271 e. The number of aromatic nitrogens is 1. The molecule has 0 spiro atoms. The quantitative estimate of drug-likeness (QED) is 0.728. The van der Waals surface area contributed by atoms with Gasteiger partial charge < -0.3 is 10.2 Å². The molecule has 2 heterocycles. The van der Waals surface area contributed by atoms with Crippen molar-refractivity contribution in [2.45, 2.75) is 52.0 Å². The minimum atomic E-state index is -0.414. The maximum Gasteiger partial charge on any atom is 0.271 e. The van der Waals surface area contributed by atoms with Crippen LogP contribution in [-0.4, -0.2) is 40.8 Å². The maximum absolute atomic E-state index is 12.5. The number of hydrogen-bond donors (Lipinski definition) is 1. The zero-order valence-electron chi connectivity index (χ0n) is 18.2. The topological polar surface area (TPSA) is 86.1 Å². The molecule has 8 heteroatoms. The molecule has 1 aliphatic heterocycles. The summed E-state index contributed by atoms with van der Waals surface area (Å²) in [5, 5.41) is 15.1. The third-order valence-corrected chi connectivity index (χ3v) is 6.54. The van der Waals surface area contributed by atoms with Crippen LogP contribution >= 0.6 is 22.9 Å². The number of nitrogens with one attached hydrogen (secondary N) is 1. The van der Waals surface area contributed by atoms with E-state index in [4.69, 9.17) is 11.6 Å². The molecule has 0 radical (unpaired) electrons. The van der Waals surface area contributed by atoms with E-state index in [0.717, 1.165) is 21.2 Å². The van der Waals surface area contributed by atoms with E-state index >= 15 is 0 Å². The molecule has 1 aliphatic rings. The molecule has 1 aromatic carbocycles. The Bertz CT molecular complexity index is 1020. The van der Waals surface area contributed by atoms with Gasteiger partial charge in [-0.05, 0) is 34.9 Å². The lowest BCUT2D eigenvalue weighted by Gasteiger charge is -2.21. The predicted molar refractivity (Wildman–Crippen MR) is 122 cm³/mol. The Morgan fingerprint density at radius 3 is 2.81 bits per heavy atom. The summed E-state index contributed by atoms with van der Waals surface area (Å²) >= 11 is 7.76. The summed E-state index contributed by atoms with van der Waals surface area (Å²) in [6, 6.07) is 7.71. The summed E-state index contributed by atoms with van der Waals surface area (Å²) < 4.78 is 0. The Morgan fingerprint density at radius 2 is 2.13 bits per heavy atom. The monoisotopic (exact) mass is 458 g/mol. The minimum absolute atomic E-state index is 0.0642. The van der Waals surface area contributed by atoms with E-state index in [1.807, 2.05) is 19.1 Å². The van der Waals surface area contributed by atoms with E-state index in [-0.39, 0.29) is 29.7 Å². The Hall–Kier alpha value is -2.43. The summed E-state index contributed by atoms with van der Waals surface area (Å²) in [6.45, 7) is 8.78. The average Bonchev–Trinajstić information content (AvgIpc) is 3.32. The molecule has 2 atom stereocenters. The number of carbonyl (C=O) groups is 2. The van der Waals surface area contributed by atoms with Gasteiger partial charge >= 0.3 is 0 Å². The first kappa shape index (κ1) is 23.2. The van der Waals surface area contributed by atoms with Crippen molar-refractivity contribution >= 4 is 34.8 Å². The van der Waals surface area contributed by atoms with Crippen molar-refractivity contribution in [3.8, 4) is 6.07 Å². The van der Waals surface area contributed by atoms with E-state index in [9.17, 15) is 14.9 Å². The molecule has 1 fully saturated rings. The summed E-state index contributed by atoms with van der Waals surface area (Å²) in [6.07, 6.45) is 1.28. The molecule has 1 N–H and O–H groups in total. The van der Waals surface area contributed by atoms with Gasteiger partial charge in [0.1, 0.15) is 11.7 Å². The molecule has 6 nitrogen and oxygen atoms in total. The second-order valence-electron chi connectivity index (χ2n) is 9.08. The summed E-state index contributed by atoms with van der Waals surface area (Å²) in [5.41, 5.74) is 2.39. The van der Waals surface area contributed by atoms with Gasteiger partial charge in [0.25, 0.3) is 5.91 Å². The third-order valence-electron chi connectivity index (χ3n) is 5.36. The van der Waals surface area contributed by atoms with E-state index in [2.05, 4.69) is 43.2 Å². The highest BCUT2D eigenvalue weighted by atomic mass is 35.5. The number of rotatable bonds is 5. The summed E-state index contributed by atoms with van der Waals surface area (Å²) in [7, 11) is 0. The zero-order valence-corrected chi connectivity index (χ0v) is 19.8. The first-order valence-corrected chi connectivity index (χ1v) is 11.5. The number of benzene rings is 1. The van der Waals surface area contributed by atoms with Crippen LogP contribution in [0.3, 0.4) is 0 Å². The lowest BCUT2D eigenvalue weighted by Crippen LogP contribution is -2.42. The van der Waals surface area contributed by atoms with Gasteiger partial charge in [-0.1, -0.05) is 51.4 Å². The second kappa shape index (κ2) is 9.37. The Balaban J connectivity index is 1.60. The van der Waals surface area contributed by atoms with Crippen molar-refractivity contribution in [1.82, 2.24) is 15.2 Å². The molecule has 0 bridgehead atoms. The maximum atomic E-state index is 12.5. The van der Waals surface area contributed by atoms with Gasteiger partial charge in [0, 0.05) is 23.4 Å². The van der Waals surface area contributed by atoms with Crippen LogP contribution in [0.5, 0.6) is 0 Å². The fraction of sp³-hybridized carbons (Fsp3) is 0.478. The number of halogens is 1. The molecule has 2 amide bonds. The molecule has 164 valence electrons. The van der Waals surface area contributed by atoms with E-state index < -0.39 is 6.04 Å². The van der Waals surface area contributed by atoms with Crippen LogP contribution in [0.1, 0.15) is 60.7 Å². The number of hydrogen-bond acceptors (Lipinski definition) is 5. The first-order chi connectivity index (χ1) is 14.6. The van der Waals surface area contributed by atoms with Crippen LogP contribution in [0.4, 0.5) is 0 Å². The van der Waals surface area contributed by atoms with Crippen molar-refractivity contribution in [2.24, 2.45) is 5.92 Å². The fourth-order valence-electron chi connectivity index (χ4n) is 3.72. The molecular formula is C23H27ClN4O2S. The van der Waals surface area contributed by atoms with Gasteiger partial charge in [0.15, 0.2) is 0 Å². The van der Waals surface area contributed by atoms with Crippen molar-refractivity contribution in [1.29, 1.82) is 5.26 Å². The lowest BCUT2D eigenvalue weighted by atomic mass is 9.86. The highest BCUT2D eigenvalue weighted by molar-refractivity contribution is 7.09. The first-order valence-electron chi connectivity index (χ1n) is 10.3. The number of nitrogens with zero attached hydrogens (tertiary/aromatic N) is 3. The van der Waals surface area contributed by atoms with E-state index in [1.165, 1.54) is 11.3 Å². The Morgan fingerprint density at radius 1 is 1.39 bits per heavy atom. The summed E-state index contributed by atoms with van der Waals surface area (Å²) in [5.74, 6) is -0.337. The van der Waals surface area contributed by atoms with Gasteiger partial charge in [0.2, 0.25) is 5.91 Å². The van der Waals surface area contributed by atoms with Gasteiger partial charge in [-0.15, -0.1) is 11.3 Å². The summed E-state index contributed by atoms with van der Waals surface area (Å²) in [4.78, 5) is 30.9. The van der Waals surface area contributed by atoms with Gasteiger partial charge in [0.05, 0.1) is 17.6 Å². The highest BCUT2D eigenvalue weighted by Crippen LogP contribution is 2.31. The van der Waals surface area contributed by atoms with Crippen LogP contribution in [0.15, 0.2) is 23.6 Å². The molecule has 0 aliphatic carbocycles. The molecule has 3 rings (SSSR count). The van der Waals surface area contributed by atoms with Gasteiger partial charge in [-0.25, -0.2) is 4.98 Å². The number of amides is 2. The zero-order chi connectivity index (χ0) is 22.8. The van der Waals surface area contributed by atoms with Crippen LogP contribution in [0.25, 0.3) is 0 Å². The van der Waals surface area contributed by atoms with Crippen molar-refractivity contribution in [3.05, 3.63) is 50.4 Å². The third kappa shape index (κ3) is 5.63. The largest absolute Gasteiger partial charge is 0.342 e.